The SMILES string of the molecule is CC(N)C(c1ccco1)N1CCC(O)C1. The van der Waals surface area contributed by atoms with Crippen LogP contribution < -0.4 is 5.73 Å². The Morgan fingerprint density at radius 3 is 2.93 bits per heavy atom. The lowest BCUT2D eigenvalue weighted by Gasteiger charge is -2.28. The monoisotopic (exact) mass is 210 g/mol. The van der Waals surface area contributed by atoms with Crippen LogP contribution in [0.5, 0.6) is 0 Å². The van der Waals surface area contributed by atoms with Crippen molar-refractivity contribution in [1.29, 1.82) is 0 Å². The predicted octanol–water partition coefficient (Wildman–Crippen LogP) is 0.734. The van der Waals surface area contributed by atoms with E-state index in [4.69, 9.17) is 10.2 Å². The van der Waals surface area contributed by atoms with Crippen molar-refractivity contribution >= 4 is 0 Å². The highest BCUT2D eigenvalue weighted by Gasteiger charge is 2.31. The molecule has 4 heteroatoms. The van der Waals surface area contributed by atoms with Gasteiger partial charge < -0.3 is 15.3 Å². The molecule has 2 heterocycles. The van der Waals surface area contributed by atoms with E-state index in [0.29, 0.717) is 6.54 Å². The van der Waals surface area contributed by atoms with Crippen LogP contribution in [-0.2, 0) is 0 Å². The Balaban J connectivity index is 2.14. The fourth-order valence-corrected chi connectivity index (χ4v) is 2.25. The number of aliphatic hydroxyl groups excluding tert-OH is 1. The van der Waals surface area contributed by atoms with E-state index in [0.717, 1.165) is 18.7 Å². The van der Waals surface area contributed by atoms with E-state index >= 15 is 0 Å². The van der Waals surface area contributed by atoms with Crippen molar-refractivity contribution in [2.75, 3.05) is 13.1 Å². The minimum atomic E-state index is -0.221. The Morgan fingerprint density at radius 2 is 2.47 bits per heavy atom. The third-order valence-electron chi connectivity index (χ3n) is 2.92. The number of hydrogen-bond donors (Lipinski definition) is 2. The molecule has 0 saturated carbocycles. The first kappa shape index (κ1) is 10.7. The summed E-state index contributed by atoms with van der Waals surface area (Å²) in [5.74, 6) is 0.888. The van der Waals surface area contributed by atoms with E-state index in [1.807, 2.05) is 19.1 Å². The third-order valence-corrected chi connectivity index (χ3v) is 2.92. The zero-order valence-electron chi connectivity index (χ0n) is 8.97. The standard InChI is InChI=1S/C11H18N2O2/c1-8(12)11(10-3-2-6-15-10)13-5-4-9(14)7-13/h2-3,6,8-9,11,14H,4-5,7,12H2,1H3. The summed E-state index contributed by atoms with van der Waals surface area (Å²) in [5, 5.41) is 9.51. The van der Waals surface area contributed by atoms with Crippen LogP contribution in [0.25, 0.3) is 0 Å². The topological polar surface area (TPSA) is 62.6 Å². The van der Waals surface area contributed by atoms with E-state index in [-0.39, 0.29) is 18.2 Å². The fraction of sp³-hybridized carbons (Fsp3) is 0.636. The maximum Gasteiger partial charge on any atom is 0.122 e. The minimum absolute atomic E-state index is 0.00134. The number of β-amino-alcohol motifs (C(OH)–C–C–N with tert-alkyl or cyclic N) is 1. The summed E-state index contributed by atoms with van der Waals surface area (Å²) in [6.07, 6.45) is 2.27. The van der Waals surface area contributed by atoms with Crippen LogP contribution in [0.2, 0.25) is 0 Å². The lowest BCUT2D eigenvalue weighted by molar-refractivity contribution is 0.141. The molecule has 3 N–H and O–H groups in total. The highest BCUT2D eigenvalue weighted by molar-refractivity contribution is 5.08. The van der Waals surface area contributed by atoms with Crippen LogP contribution in [0.15, 0.2) is 22.8 Å². The number of likely N-dealkylation sites (tertiary alicyclic amines) is 1. The van der Waals surface area contributed by atoms with Crippen molar-refractivity contribution in [3.05, 3.63) is 24.2 Å². The first-order chi connectivity index (χ1) is 7.18. The molecule has 1 fully saturated rings. The molecular weight excluding hydrogens is 192 g/mol. The number of nitrogens with zero attached hydrogens (tertiary/aromatic N) is 1. The lowest BCUT2D eigenvalue weighted by atomic mass is 10.1. The highest BCUT2D eigenvalue weighted by atomic mass is 16.3. The van der Waals surface area contributed by atoms with Crippen molar-refractivity contribution in [2.45, 2.75) is 31.5 Å². The van der Waals surface area contributed by atoms with Gasteiger partial charge in [0.1, 0.15) is 5.76 Å². The van der Waals surface area contributed by atoms with Gasteiger partial charge in [-0.1, -0.05) is 0 Å². The van der Waals surface area contributed by atoms with E-state index in [9.17, 15) is 5.11 Å². The largest absolute Gasteiger partial charge is 0.468 e. The van der Waals surface area contributed by atoms with Crippen molar-refractivity contribution in [2.24, 2.45) is 5.73 Å². The van der Waals surface area contributed by atoms with E-state index < -0.39 is 0 Å². The zero-order chi connectivity index (χ0) is 10.8. The van der Waals surface area contributed by atoms with Crippen LogP contribution in [0, 0.1) is 0 Å². The van der Waals surface area contributed by atoms with Crippen LogP contribution in [0.3, 0.4) is 0 Å². The second kappa shape index (κ2) is 4.35. The normalized spacial score (nSPS) is 26.7. The maximum atomic E-state index is 9.51. The Morgan fingerprint density at radius 1 is 1.67 bits per heavy atom. The number of nitrogens with two attached hydrogens (primary N) is 1. The Kier molecular flexibility index (Phi) is 3.09. The van der Waals surface area contributed by atoms with Gasteiger partial charge in [-0.15, -0.1) is 0 Å². The predicted molar refractivity (Wildman–Crippen MR) is 57.3 cm³/mol. The van der Waals surface area contributed by atoms with Crippen molar-refractivity contribution in [3.8, 4) is 0 Å². The Labute approximate surface area is 89.7 Å². The van der Waals surface area contributed by atoms with Gasteiger partial charge in [-0.2, -0.15) is 0 Å². The van der Waals surface area contributed by atoms with Gasteiger partial charge in [0.2, 0.25) is 0 Å². The van der Waals surface area contributed by atoms with Gasteiger partial charge in [0.25, 0.3) is 0 Å². The molecule has 15 heavy (non-hydrogen) atoms. The molecule has 0 aromatic carbocycles. The number of aliphatic hydroxyl groups is 1. The summed E-state index contributed by atoms with van der Waals surface area (Å²) < 4.78 is 5.40. The molecule has 4 nitrogen and oxygen atoms in total. The van der Waals surface area contributed by atoms with Crippen LogP contribution in [0.1, 0.15) is 25.1 Å². The molecule has 3 unspecified atom stereocenters. The summed E-state index contributed by atoms with van der Waals surface area (Å²) in [6.45, 7) is 3.54. The second-order valence-corrected chi connectivity index (χ2v) is 4.26. The molecule has 3 atom stereocenters. The van der Waals surface area contributed by atoms with E-state index in [1.165, 1.54) is 0 Å². The molecule has 0 spiro atoms. The maximum absolute atomic E-state index is 9.51. The van der Waals surface area contributed by atoms with Gasteiger partial charge in [-0.05, 0) is 25.5 Å². The van der Waals surface area contributed by atoms with Gasteiger partial charge in [-0.25, -0.2) is 0 Å². The van der Waals surface area contributed by atoms with Crippen LogP contribution in [0.4, 0.5) is 0 Å². The first-order valence-corrected chi connectivity index (χ1v) is 5.39. The van der Waals surface area contributed by atoms with Crippen molar-refractivity contribution < 1.29 is 9.52 Å². The minimum Gasteiger partial charge on any atom is -0.468 e. The molecule has 1 aliphatic rings. The average molecular weight is 210 g/mol. The molecule has 1 aromatic heterocycles. The van der Waals surface area contributed by atoms with Crippen molar-refractivity contribution in [1.82, 2.24) is 4.90 Å². The van der Waals surface area contributed by atoms with Crippen LogP contribution in [-0.4, -0.2) is 35.2 Å². The van der Waals surface area contributed by atoms with E-state index in [2.05, 4.69) is 4.90 Å². The van der Waals surface area contributed by atoms with Gasteiger partial charge in [0.15, 0.2) is 0 Å². The van der Waals surface area contributed by atoms with Gasteiger partial charge in [0.05, 0.1) is 18.4 Å². The highest BCUT2D eigenvalue weighted by Crippen LogP contribution is 2.27. The molecule has 1 aliphatic heterocycles. The number of hydrogen-bond acceptors (Lipinski definition) is 4. The van der Waals surface area contributed by atoms with E-state index in [1.54, 1.807) is 6.26 Å². The molecule has 2 rings (SSSR count). The zero-order valence-corrected chi connectivity index (χ0v) is 8.97. The third kappa shape index (κ3) is 2.22. The van der Waals surface area contributed by atoms with Crippen LogP contribution >= 0.6 is 0 Å². The Hall–Kier alpha value is -0.840. The summed E-state index contributed by atoms with van der Waals surface area (Å²) in [7, 11) is 0. The first-order valence-electron chi connectivity index (χ1n) is 5.39. The molecule has 1 aromatic rings. The number of rotatable bonds is 3. The smallest absolute Gasteiger partial charge is 0.122 e. The average Bonchev–Trinajstić information content (AvgIpc) is 2.77. The summed E-state index contributed by atoms with van der Waals surface area (Å²) >= 11 is 0. The number of furan rings is 1. The molecule has 0 bridgehead atoms. The van der Waals surface area contributed by atoms with Crippen molar-refractivity contribution in [3.63, 3.8) is 0 Å². The molecule has 1 saturated heterocycles. The lowest BCUT2D eigenvalue weighted by Crippen LogP contribution is -2.38. The second-order valence-electron chi connectivity index (χ2n) is 4.26. The molecule has 0 aliphatic carbocycles. The van der Waals surface area contributed by atoms with Gasteiger partial charge >= 0.3 is 0 Å². The summed E-state index contributed by atoms with van der Waals surface area (Å²) in [6, 6.07) is 3.90. The van der Waals surface area contributed by atoms with Gasteiger partial charge in [0, 0.05) is 19.1 Å². The molecule has 84 valence electrons. The Bertz CT molecular complexity index is 298. The molecule has 0 amide bonds. The molecule has 0 radical (unpaired) electrons. The summed E-state index contributed by atoms with van der Waals surface area (Å²) in [4.78, 5) is 2.19. The van der Waals surface area contributed by atoms with Gasteiger partial charge in [-0.3, -0.25) is 4.90 Å². The summed E-state index contributed by atoms with van der Waals surface area (Å²) in [5.41, 5.74) is 5.97. The fourth-order valence-electron chi connectivity index (χ4n) is 2.25. The molecular formula is C11H18N2O2. The quantitative estimate of drug-likeness (QED) is 0.772.